The molecular formula is C25H39N7O8. The summed E-state index contributed by atoms with van der Waals surface area (Å²) in [5.41, 5.74) is 0.246. The van der Waals surface area contributed by atoms with Crippen molar-refractivity contribution in [3.63, 3.8) is 0 Å². The summed E-state index contributed by atoms with van der Waals surface area (Å²) in [6.07, 6.45) is 0.0575. The molecule has 0 aromatic carbocycles. The van der Waals surface area contributed by atoms with E-state index in [0.717, 1.165) is 23.9 Å². The molecule has 2 fully saturated rings. The molecule has 8 atom stereocenters. The molecule has 2 aliphatic rings. The summed E-state index contributed by atoms with van der Waals surface area (Å²) >= 11 is 0. The van der Waals surface area contributed by atoms with E-state index in [2.05, 4.69) is 25.9 Å². The van der Waals surface area contributed by atoms with Crippen molar-refractivity contribution >= 4 is 11.7 Å². The lowest BCUT2D eigenvalue weighted by atomic mass is 9.89. The Labute approximate surface area is 231 Å². The van der Waals surface area contributed by atoms with Crippen LogP contribution in [0.15, 0.2) is 12.4 Å². The van der Waals surface area contributed by atoms with Crippen molar-refractivity contribution in [1.29, 1.82) is 0 Å². The summed E-state index contributed by atoms with van der Waals surface area (Å²) in [7, 11) is 0. The van der Waals surface area contributed by atoms with Gasteiger partial charge >= 0.3 is 0 Å². The molecule has 0 spiro atoms. The highest BCUT2D eigenvalue weighted by Crippen LogP contribution is 2.35. The first-order valence-corrected chi connectivity index (χ1v) is 13.9. The van der Waals surface area contributed by atoms with Crippen LogP contribution in [0, 0.1) is 0 Å². The lowest BCUT2D eigenvalue weighted by Gasteiger charge is -2.44. The number of unbranched alkanes of at least 4 members (excludes halogenated alkanes) is 1. The van der Waals surface area contributed by atoms with Crippen LogP contribution in [0.5, 0.6) is 0 Å². The molecule has 5 N–H and O–H groups in total. The van der Waals surface area contributed by atoms with Gasteiger partial charge in [-0.05, 0) is 32.1 Å². The first-order chi connectivity index (χ1) is 19.3. The molecule has 0 bridgehead atoms. The van der Waals surface area contributed by atoms with Crippen molar-refractivity contribution in [2.45, 2.75) is 108 Å². The molecule has 2 aromatic rings. The number of hydrogen-bond acceptors (Lipinski definition) is 12. The first kappa shape index (κ1) is 30.1. The molecule has 1 amide bonds. The van der Waals surface area contributed by atoms with Gasteiger partial charge in [-0.3, -0.25) is 9.59 Å². The fourth-order valence-electron chi connectivity index (χ4n) is 5.11. The largest absolute Gasteiger partial charge is 0.394 e. The third kappa shape index (κ3) is 6.56. The minimum Gasteiger partial charge on any atom is -0.394 e. The molecule has 1 aliphatic carbocycles. The van der Waals surface area contributed by atoms with E-state index in [9.17, 15) is 30.0 Å². The predicted molar refractivity (Wildman–Crippen MR) is 137 cm³/mol. The minimum absolute atomic E-state index is 0.00304. The van der Waals surface area contributed by atoms with Gasteiger partial charge in [0.2, 0.25) is 0 Å². The maximum atomic E-state index is 12.3. The zero-order chi connectivity index (χ0) is 28.8. The number of rotatable bonds is 12. The quantitative estimate of drug-likeness (QED) is 0.207. The van der Waals surface area contributed by atoms with Crippen LogP contribution < -0.4 is 5.32 Å². The van der Waals surface area contributed by atoms with E-state index in [0.29, 0.717) is 32.2 Å². The number of carbonyl (C=O) groups is 2. The number of Topliss-reactive ketones (excluding diaryl/α,β-unsaturated/α-hetero) is 1. The first-order valence-electron chi connectivity index (χ1n) is 13.9. The number of nitrogens with one attached hydrogen (secondary N) is 1. The summed E-state index contributed by atoms with van der Waals surface area (Å²) in [6, 6.07) is -1.67. The number of carbonyl (C=O) groups excluding carboxylic acids is 2. The third-order valence-corrected chi connectivity index (χ3v) is 7.40. The number of nitrogens with zero attached hydrogens (tertiary/aromatic N) is 6. The second-order valence-corrected chi connectivity index (χ2v) is 10.3. The summed E-state index contributed by atoms with van der Waals surface area (Å²) < 4.78 is 14.4. The van der Waals surface area contributed by atoms with Gasteiger partial charge < -0.3 is 35.2 Å². The van der Waals surface area contributed by atoms with Crippen LogP contribution in [0.3, 0.4) is 0 Å². The predicted octanol–water partition coefficient (Wildman–Crippen LogP) is -0.466. The Morgan fingerprint density at radius 3 is 2.48 bits per heavy atom. The molecule has 1 aliphatic heterocycles. The van der Waals surface area contributed by atoms with Crippen LogP contribution in [0.2, 0.25) is 0 Å². The van der Waals surface area contributed by atoms with Gasteiger partial charge in [0.05, 0.1) is 31.1 Å². The highest BCUT2D eigenvalue weighted by molar-refractivity contribution is 5.93. The Hall–Kier alpha value is -2.82. The van der Waals surface area contributed by atoms with E-state index in [1.165, 1.54) is 17.1 Å². The smallest absolute Gasteiger partial charge is 0.273 e. The molecule has 40 heavy (non-hydrogen) atoms. The van der Waals surface area contributed by atoms with Gasteiger partial charge in [0.15, 0.2) is 17.8 Å². The Balaban J connectivity index is 1.47. The zero-order valence-corrected chi connectivity index (χ0v) is 22.7. The number of amides is 1. The summed E-state index contributed by atoms with van der Waals surface area (Å²) in [5.74, 6) is -0.556. The van der Waals surface area contributed by atoms with Crippen LogP contribution in [0.4, 0.5) is 0 Å². The average molecular weight is 566 g/mol. The highest BCUT2D eigenvalue weighted by atomic mass is 16.7. The van der Waals surface area contributed by atoms with E-state index >= 15 is 0 Å². The van der Waals surface area contributed by atoms with Gasteiger partial charge in [0, 0.05) is 13.0 Å². The van der Waals surface area contributed by atoms with E-state index < -0.39 is 61.4 Å². The van der Waals surface area contributed by atoms with Crippen molar-refractivity contribution in [2.24, 2.45) is 0 Å². The molecular weight excluding hydrogens is 526 g/mol. The Morgan fingerprint density at radius 2 is 1.75 bits per heavy atom. The van der Waals surface area contributed by atoms with Crippen molar-refractivity contribution in [3.8, 4) is 0 Å². The second kappa shape index (κ2) is 13.7. The number of hydrogen-bond donors (Lipinski definition) is 5. The topological polar surface area (TPSA) is 207 Å². The molecule has 15 nitrogen and oxygen atoms in total. The molecule has 1 saturated carbocycles. The molecule has 3 heterocycles. The van der Waals surface area contributed by atoms with Crippen LogP contribution in [-0.2, 0) is 9.47 Å². The molecule has 1 saturated heterocycles. The Bertz CT molecular complexity index is 1130. The van der Waals surface area contributed by atoms with Crippen molar-refractivity contribution in [1.82, 2.24) is 35.3 Å². The van der Waals surface area contributed by atoms with Gasteiger partial charge in [-0.25, -0.2) is 9.36 Å². The van der Waals surface area contributed by atoms with Crippen LogP contribution in [-0.4, -0.2) is 112 Å². The van der Waals surface area contributed by atoms with Gasteiger partial charge in [-0.2, -0.15) is 0 Å². The minimum atomic E-state index is -1.48. The van der Waals surface area contributed by atoms with Crippen LogP contribution >= 0.6 is 0 Å². The highest BCUT2D eigenvalue weighted by Gasteiger charge is 2.48. The number of ether oxygens (including phenoxy) is 2. The average Bonchev–Trinajstić information content (AvgIpc) is 3.64. The third-order valence-electron chi connectivity index (χ3n) is 7.40. The zero-order valence-electron chi connectivity index (χ0n) is 22.7. The van der Waals surface area contributed by atoms with E-state index in [1.54, 1.807) is 0 Å². The van der Waals surface area contributed by atoms with Gasteiger partial charge in [0.1, 0.15) is 36.2 Å². The van der Waals surface area contributed by atoms with Crippen LogP contribution in [0.25, 0.3) is 0 Å². The molecule has 4 unspecified atom stereocenters. The van der Waals surface area contributed by atoms with E-state index in [4.69, 9.17) is 9.47 Å². The summed E-state index contributed by atoms with van der Waals surface area (Å²) in [6.45, 7) is 3.78. The van der Waals surface area contributed by atoms with Crippen molar-refractivity contribution in [3.05, 3.63) is 23.8 Å². The SMILES string of the molecule is CCCCC(=O)c1cn(C2CCC[C@@H](O[C@@H]3OC(CO)[C@H](O)[C@H](n4cc(C(=O)NCCC)nn4)C3O)C2O)nn1. The van der Waals surface area contributed by atoms with Gasteiger partial charge in [0.25, 0.3) is 5.91 Å². The molecule has 2 aromatic heterocycles. The monoisotopic (exact) mass is 565 g/mol. The number of aromatic nitrogens is 6. The van der Waals surface area contributed by atoms with E-state index in [-0.39, 0.29) is 17.2 Å². The normalized spacial score (nSPS) is 30.8. The maximum Gasteiger partial charge on any atom is 0.273 e. The summed E-state index contributed by atoms with van der Waals surface area (Å²) in [4.78, 5) is 24.6. The lowest BCUT2D eigenvalue weighted by molar-refractivity contribution is -0.309. The van der Waals surface area contributed by atoms with Gasteiger partial charge in [-0.1, -0.05) is 30.7 Å². The second-order valence-electron chi connectivity index (χ2n) is 10.3. The summed E-state index contributed by atoms with van der Waals surface area (Å²) in [5, 5.41) is 61.5. The fraction of sp³-hybridized carbons (Fsp3) is 0.760. The molecule has 0 radical (unpaired) electrons. The molecule has 222 valence electrons. The molecule has 4 rings (SSSR count). The van der Waals surface area contributed by atoms with Gasteiger partial charge in [-0.15, -0.1) is 10.2 Å². The van der Waals surface area contributed by atoms with Crippen molar-refractivity contribution < 1.29 is 39.5 Å². The Kier molecular flexibility index (Phi) is 10.3. The number of aliphatic hydroxyl groups excluding tert-OH is 4. The lowest BCUT2D eigenvalue weighted by Crippen LogP contribution is -2.58. The fourth-order valence-corrected chi connectivity index (χ4v) is 5.11. The number of aliphatic hydroxyl groups is 4. The number of ketones is 1. The van der Waals surface area contributed by atoms with Crippen LogP contribution in [0.1, 0.15) is 91.9 Å². The van der Waals surface area contributed by atoms with Crippen molar-refractivity contribution in [2.75, 3.05) is 13.2 Å². The van der Waals surface area contributed by atoms with E-state index in [1.807, 2.05) is 13.8 Å². The standard InChI is InChI=1S/C25H39N7O8/c1-3-5-8-17(34)14-11-31(29-27-14)16-7-6-9-18(21(16)35)39-25-23(37)20(22(36)19(13-33)40-25)32-12-15(28-30-32)24(38)26-10-4-2/h11-12,16,18-23,25,33,35-37H,3-10,13H2,1-2H3,(H,26,38)/t16?,18-,19?,20+,21?,22+,23?,25-/m1/s1. The Morgan fingerprint density at radius 1 is 1.02 bits per heavy atom. The molecule has 15 heteroatoms. The maximum absolute atomic E-state index is 12.3.